The summed E-state index contributed by atoms with van der Waals surface area (Å²) in [5.74, 6) is 0. The molecule has 0 amide bonds. The van der Waals surface area contributed by atoms with Gasteiger partial charge in [0.1, 0.15) is 0 Å². The predicted octanol–water partition coefficient (Wildman–Crippen LogP) is 2.51. The number of hydrogen-bond acceptors (Lipinski definition) is 2. The summed E-state index contributed by atoms with van der Waals surface area (Å²) in [5, 5.41) is 3.47. The van der Waals surface area contributed by atoms with E-state index < -0.39 is 0 Å². The summed E-state index contributed by atoms with van der Waals surface area (Å²) in [4.78, 5) is 4.23. The van der Waals surface area contributed by atoms with Crippen LogP contribution < -0.4 is 5.32 Å². The average Bonchev–Trinajstić information content (AvgIpc) is 3.11. The summed E-state index contributed by atoms with van der Waals surface area (Å²) in [6, 6.07) is 11.2. The number of nitrogens with one attached hydrogen (secondary N) is 1. The van der Waals surface area contributed by atoms with Crippen LogP contribution in [0.5, 0.6) is 0 Å². The Kier molecular flexibility index (Phi) is 2.92. The molecule has 0 spiro atoms. The Balaban J connectivity index is 1.55. The van der Waals surface area contributed by atoms with Crippen molar-refractivity contribution in [1.29, 1.82) is 0 Å². The van der Waals surface area contributed by atoms with Crippen LogP contribution in [0, 0.1) is 0 Å². The van der Waals surface area contributed by atoms with Crippen molar-refractivity contribution in [3.05, 3.63) is 54.1 Å². The predicted molar refractivity (Wildman–Crippen MR) is 67.5 cm³/mol. The quantitative estimate of drug-likeness (QED) is 0.850. The Bertz CT molecular complexity index is 471. The molecule has 3 heteroatoms. The van der Waals surface area contributed by atoms with Crippen molar-refractivity contribution in [2.24, 2.45) is 0 Å². The lowest BCUT2D eigenvalue weighted by Gasteiger charge is -2.08. The van der Waals surface area contributed by atoms with Gasteiger partial charge in [0.2, 0.25) is 0 Å². The lowest BCUT2D eigenvalue weighted by atomic mass is 10.2. The number of nitrogens with zero attached hydrogens (tertiary/aromatic N) is 2. The number of imidazole rings is 1. The summed E-state index contributed by atoms with van der Waals surface area (Å²) < 4.78 is 2.30. The molecule has 0 saturated heterocycles. The Hall–Kier alpha value is -1.61. The lowest BCUT2D eigenvalue weighted by molar-refractivity contribution is 0.621. The molecular weight excluding hydrogens is 210 g/mol. The van der Waals surface area contributed by atoms with Gasteiger partial charge in [0.05, 0.1) is 12.0 Å². The van der Waals surface area contributed by atoms with Crippen molar-refractivity contribution in [2.75, 3.05) is 0 Å². The first-order valence-corrected chi connectivity index (χ1v) is 6.19. The van der Waals surface area contributed by atoms with Crippen LogP contribution in [0.3, 0.4) is 0 Å². The first kappa shape index (κ1) is 10.5. The van der Waals surface area contributed by atoms with Gasteiger partial charge < -0.3 is 9.88 Å². The molecule has 1 heterocycles. The van der Waals surface area contributed by atoms with Crippen LogP contribution in [0.25, 0.3) is 0 Å². The molecule has 0 aliphatic heterocycles. The normalized spacial score (nSPS) is 15.1. The van der Waals surface area contributed by atoms with E-state index in [1.165, 1.54) is 24.1 Å². The largest absolute Gasteiger partial charge is 0.330 e. The van der Waals surface area contributed by atoms with E-state index in [2.05, 4.69) is 39.1 Å². The Morgan fingerprint density at radius 2 is 2.00 bits per heavy atom. The second kappa shape index (κ2) is 4.72. The summed E-state index contributed by atoms with van der Waals surface area (Å²) in [6.45, 7) is 1.81. The monoisotopic (exact) mass is 227 g/mol. The second-order valence-corrected chi connectivity index (χ2v) is 4.61. The topological polar surface area (TPSA) is 29.9 Å². The van der Waals surface area contributed by atoms with Gasteiger partial charge in [-0.3, -0.25) is 0 Å². The van der Waals surface area contributed by atoms with Crippen molar-refractivity contribution in [3.8, 4) is 0 Å². The van der Waals surface area contributed by atoms with E-state index >= 15 is 0 Å². The zero-order chi connectivity index (χ0) is 11.5. The van der Waals surface area contributed by atoms with E-state index in [0.717, 1.165) is 13.1 Å². The summed E-state index contributed by atoms with van der Waals surface area (Å²) in [7, 11) is 0. The van der Waals surface area contributed by atoms with Gasteiger partial charge in [-0.25, -0.2) is 4.98 Å². The summed E-state index contributed by atoms with van der Waals surface area (Å²) in [5.41, 5.74) is 2.62. The van der Waals surface area contributed by atoms with Gasteiger partial charge in [-0.1, -0.05) is 30.3 Å². The van der Waals surface area contributed by atoms with Crippen LogP contribution in [0.2, 0.25) is 0 Å². The molecule has 3 rings (SSSR count). The Labute approximate surface area is 101 Å². The van der Waals surface area contributed by atoms with Gasteiger partial charge in [-0.05, 0) is 18.4 Å². The minimum atomic E-state index is 0.714. The van der Waals surface area contributed by atoms with E-state index in [9.17, 15) is 0 Å². The molecule has 0 bridgehead atoms. The maximum absolute atomic E-state index is 4.23. The maximum atomic E-state index is 4.23. The Morgan fingerprint density at radius 3 is 2.76 bits per heavy atom. The van der Waals surface area contributed by atoms with Gasteiger partial charge in [0, 0.05) is 25.3 Å². The molecule has 1 N–H and O–H groups in total. The fraction of sp³-hybridized carbons (Fsp3) is 0.357. The fourth-order valence-electron chi connectivity index (χ4n) is 2.08. The molecule has 0 atom stereocenters. The average molecular weight is 227 g/mol. The van der Waals surface area contributed by atoms with Crippen molar-refractivity contribution >= 4 is 0 Å². The SMILES string of the molecule is c1ccc(CNCc2cncn2C2CC2)cc1. The molecule has 17 heavy (non-hydrogen) atoms. The number of hydrogen-bond donors (Lipinski definition) is 1. The molecule has 1 aliphatic carbocycles. The minimum absolute atomic E-state index is 0.714. The molecule has 1 aromatic heterocycles. The molecule has 0 unspecified atom stereocenters. The van der Waals surface area contributed by atoms with Gasteiger partial charge in [-0.15, -0.1) is 0 Å². The van der Waals surface area contributed by atoms with E-state index in [1.807, 2.05) is 18.6 Å². The first-order valence-electron chi connectivity index (χ1n) is 6.19. The smallest absolute Gasteiger partial charge is 0.0951 e. The van der Waals surface area contributed by atoms with E-state index in [-0.39, 0.29) is 0 Å². The minimum Gasteiger partial charge on any atom is -0.330 e. The first-order chi connectivity index (χ1) is 8.43. The molecule has 1 aliphatic rings. The molecule has 1 aromatic carbocycles. The molecule has 88 valence electrons. The molecule has 1 fully saturated rings. The molecule has 3 nitrogen and oxygen atoms in total. The van der Waals surface area contributed by atoms with Gasteiger partial charge in [0.25, 0.3) is 0 Å². The van der Waals surface area contributed by atoms with E-state index in [4.69, 9.17) is 0 Å². The standard InChI is InChI=1S/C14H17N3/c1-2-4-12(5-3-1)8-15-9-14-10-16-11-17(14)13-6-7-13/h1-5,10-11,13,15H,6-9H2. The highest BCUT2D eigenvalue weighted by atomic mass is 15.1. The highest BCUT2D eigenvalue weighted by Gasteiger charge is 2.24. The Morgan fingerprint density at radius 1 is 1.18 bits per heavy atom. The van der Waals surface area contributed by atoms with Crippen LogP contribution in [-0.4, -0.2) is 9.55 Å². The van der Waals surface area contributed by atoms with Crippen LogP contribution in [0.4, 0.5) is 0 Å². The number of benzene rings is 1. The van der Waals surface area contributed by atoms with Gasteiger partial charge in [-0.2, -0.15) is 0 Å². The molecular formula is C14H17N3. The summed E-state index contributed by atoms with van der Waals surface area (Å²) in [6.07, 6.45) is 6.54. The summed E-state index contributed by atoms with van der Waals surface area (Å²) >= 11 is 0. The van der Waals surface area contributed by atoms with Crippen molar-refractivity contribution in [1.82, 2.24) is 14.9 Å². The third-order valence-electron chi connectivity index (χ3n) is 3.16. The zero-order valence-corrected chi connectivity index (χ0v) is 9.84. The van der Waals surface area contributed by atoms with E-state index in [0.29, 0.717) is 6.04 Å². The van der Waals surface area contributed by atoms with Crippen LogP contribution in [-0.2, 0) is 13.1 Å². The molecule has 0 radical (unpaired) electrons. The van der Waals surface area contributed by atoms with Crippen molar-refractivity contribution in [3.63, 3.8) is 0 Å². The molecule has 1 saturated carbocycles. The van der Waals surface area contributed by atoms with Gasteiger partial charge >= 0.3 is 0 Å². The second-order valence-electron chi connectivity index (χ2n) is 4.61. The van der Waals surface area contributed by atoms with Crippen LogP contribution in [0.15, 0.2) is 42.9 Å². The highest BCUT2D eigenvalue weighted by molar-refractivity contribution is 5.14. The van der Waals surface area contributed by atoms with Crippen LogP contribution >= 0.6 is 0 Å². The number of rotatable bonds is 5. The van der Waals surface area contributed by atoms with Crippen molar-refractivity contribution < 1.29 is 0 Å². The fourth-order valence-corrected chi connectivity index (χ4v) is 2.08. The third kappa shape index (κ3) is 2.56. The van der Waals surface area contributed by atoms with Crippen LogP contribution in [0.1, 0.15) is 30.1 Å². The highest BCUT2D eigenvalue weighted by Crippen LogP contribution is 2.35. The van der Waals surface area contributed by atoms with E-state index in [1.54, 1.807) is 0 Å². The van der Waals surface area contributed by atoms with Crippen molar-refractivity contribution in [2.45, 2.75) is 32.0 Å². The molecule has 2 aromatic rings. The van der Waals surface area contributed by atoms with Gasteiger partial charge in [0.15, 0.2) is 0 Å². The third-order valence-corrected chi connectivity index (χ3v) is 3.16. The maximum Gasteiger partial charge on any atom is 0.0951 e. The zero-order valence-electron chi connectivity index (χ0n) is 9.84. The number of aromatic nitrogens is 2. The lowest BCUT2D eigenvalue weighted by Crippen LogP contribution is -2.15.